The number of hydrogen-bond acceptors (Lipinski definition) is 6. The Hall–Kier alpha value is -0.240. The topological polar surface area (TPSA) is 55.4 Å². The second-order valence-electron chi connectivity index (χ2n) is 5.83. The van der Waals surface area contributed by atoms with Gasteiger partial charge in [-0.1, -0.05) is 94.5 Å². The van der Waals surface area contributed by atoms with Crippen LogP contribution in [-0.2, 0) is 28.4 Å². The Labute approximate surface area is 263 Å². The lowest BCUT2D eigenvalue weighted by Crippen LogP contribution is -2.15. The number of hydrogen-bond donors (Lipinski definition) is 0. The minimum absolute atomic E-state index is 0. The SMILES string of the molecule is C.C.C.C.C.C.C.C.C.C.CCCCOCC.CCOC(CC)OCC.CCOCC.CCOCCCOCC. The first-order valence-corrected chi connectivity index (χ1v) is 12.1. The van der Waals surface area contributed by atoms with Gasteiger partial charge < -0.3 is 28.4 Å². The molecule has 40 heavy (non-hydrogen) atoms. The zero-order valence-electron chi connectivity index (χ0n) is 21.9. The van der Waals surface area contributed by atoms with Crippen LogP contribution in [0.3, 0.4) is 0 Å². The molecule has 0 atom stereocenters. The van der Waals surface area contributed by atoms with Crippen molar-refractivity contribution < 1.29 is 28.4 Å². The van der Waals surface area contributed by atoms with E-state index in [9.17, 15) is 0 Å². The fraction of sp³-hybridized carbons (Fsp3) is 1.00. The third-order valence-electron chi connectivity index (χ3n) is 3.28. The van der Waals surface area contributed by atoms with Crippen LogP contribution in [0.15, 0.2) is 0 Å². The Bertz CT molecular complexity index is 214. The van der Waals surface area contributed by atoms with Gasteiger partial charge >= 0.3 is 0 Å². The summed E-state index contributed by atoms with van der Waals surface area (Å²) in [4.78, 5) is 0. The van der Waals surface area contributed by atoms with E-state index < -0.39 is 0 Å². The Morgan fingerprint density at radius 1 is 0.350 bits per heavy atom. The van der Waals surface area contributed by atoms with E-state index in [0.717, 1.165) is 78.9 Å². The van der Waals surface area contributed by atoms with Crippen LogP contribution in [0.1, 0.15) is 162 Å². The molecular formula is C34H96O6. The molecule has 6 nitrogen and oxygen atoms in total. The van der Waals surface area contributed by atoms with Gasteiger partial charge in [0, 0.05) is 66.1 Å². The van der Waals surface area contributed by atoms with E-state index in [4.69, 9.17) is 28.4 Å². The van der Waals surface area contributed by atoms with Crippen molar-refractivity contribution in [2.24, 2.45) is 0 Å². The molecule has 6 heteroatoms. The van der Waals surface area contributed by atoms with Crippen molar-refractivity contribution in [2.45, 2.75) is 169 Å². The monoisotopic (exact) mass is 601 g/mol. The summed E-state index contributed by atoms with van der Waals surface area (Å²) in [5.74, 6) is 0. The standard InChI is InChI=1S/2C7H16O2.C6H14O.C4H10O.10CH4/c1-4-7(8-5-2)9-6-3;1-3-8-6-5-7-9-4-2;1-3-5-6-7-4-2;1-3-5-4-2;;;;;;;;;;/h7H,4-6H2,1-3H3;3-7H2,1-2H3;3-6H2,1-2H3;3-4H2,1-2H3;10*1H4. The minimum atomic E-state index is 0. The van der Waals surface area contributed by atoms with Gasteiger partial charge in [-0.15, -0.1) is 0 Å². The maximum Gasteiger partial charge on any atom is 0.157 e. The summed E-state index contributed by atoms with van der Waals surface area (Å²) in [5.41, 5.74) is 0. The maximum atomic E-state index is 5.21. The Balaban J connectivity index is -0.0000000176. The summed E-state index contributed by atoms with van der Waals surface area (Å²) < 4.78 is 30.5. The van der Waals surface area contributed by atoms with Crippen molar-refractivity contribution in [2.75, 3.05) is 66.1 Å². The molecule has 0 bridgehead atoms. The van der Waals surface area contributed by atoms with Crippen LogP contribution in [0.4, 0.5) is 0 Å². The van der Waals surface area contributed by atoms with Gasteiger partial charge in [0.15, 0.2) is 6.29 Å². The lowest BCUT2D eigenvalue weighted by molar-refractivity contribution is -0.136. The number of unbranched alkanes of at least 4 members (excludes halogenated alkanes) is 1. The van der Waals surface area contributed by atoms with Gasteiger partial charge in [0.1, 0.15) is 0 Å². The molecule has 0 radical (unpaired) electrons. The molecule has 0 aliphatic rings. The third-order valence-corrected chi connectivity index (χ3v) is 3.28. The fourth-order valence-corrected chi connectivity index (χ4v) is 1.80. The lowest BCUT2D eigenvalue weighted by atomic mass is 10.4. The Morgan fingerprint density at radius 2 is 0.625 bits per heavy atom. The molecule has 0 aromatic heterocycles. The molecule has 0 aliphatic carbocycles. The molecule has 0 spiro atoms. The first kappa shape index (κ1) is 90.0. The van der Waals surface area contributed by atoms with Crippen LogP contribution < -0.4 is 0 Å². The molecule has 0 amide bonds. The van der Waals surface area contributed by atoms with Gasteiger partial charge in [-0.25, -0.2) is 0 Å². The van der Waals surface area contributed by atoms with Gasteiger partial charge in [-0.2, -0.15) is 0 Å². The van der Waals surface area contributed by atoms with E-state index >= 15 is 0 Å². The second-order valence-corrected chi connectivity index (χ2v) is 5.83. The van der Waals surface area contributed by atoms with Crippen LogP contribution in [0.5, 0.6) is 0 Å². The van der Waals surface area contributed by atoms with Crippen LogP contribution in [-0.4, -0.2) is 72.4 Å². The predicted molar refractivity (Wildman–Crippen MR) is 196 cm³/mol. The fourth-order valence-electron chi connectivity index (χ4n) is 1.80. The quantitative estimate of drug-likeness (QED) is 0.122. The van der Waals surface area contributed by atoms with Gasteiger partial charge in [-0.05, 0) is 67.7 Å². The average Bonchev–Trinajstić information content (AvgIpc) is 2.76. The van der Waals surface area contributed by atoms with E-state index in [0.29, 0.717) is 0 Å². The molecule has 0 N–H and O–H groups in total. The van der Waals surface area contributed by atoms with Crippen molar-refractivity contribution in [1.82, 2.24) is 0 Å². The van der Waals surface area contributed by atoms with Crippen molar-refractivity contribution in [3.63, 3.8) is 0 Å². The second kappa shape index (κ2) is 107. The van der Waals surface area contributed by atoms with Gasteiger partial charge in [0.05, 0.1) is 0 Å². The van der Waals surface area contributed by atoms with Crippen molar-refractivity contribution in [1.29, 1.82) is 0 Å². The third kappa shape index (κ3) is 131. The van der Waals surface area contributed by atoms with E-state index in [-0.39, 0.29) is 80.6 Å². The zero-order chi connectivity index (χ0) is 23.7. The van der Waals surface area contributed by atoms with Crippen LogP contribution in [0, 0.1) is 0 Å². The maximum absolute atomic E-state index is 5.21. The molecule has 268 valence electrons. The van der Waals surface area contributed by atoms with Gasteiger partial charge in [-0.3, -0.25) is 0 Å². The molecule has 0 saturated carbocycles. The average molecular weight is 601 g/mol. The molecule has 0 aliphatic heterocycles. The Morgan fingerprint density at radius 3 is 0.800 bits per heavy atom. The highest BCUT2D eigenvalue weighted by atomic mass is 16.7. The Kier molecular flexibility index (Phi) is 240. The first-order valence-electron chi connectivity index (χ1n) is 12.1. The summed E-state index contributed by atoms with van der Waals surface area (Å²) in [6.45, 7) is 26.4. The number of ether oxygens (including phenoxy) is 6. The van der Waals surface area contributed by atoms with E-state index in [2.05, 4.69) is 13.8 Å². The highest BCUT2D eigenvalue weighted by Crippen LogP contribution is 1.98. The summed E-state index contributed by atoms with van der Waals surface area (Å²) in [5, 5.41) is 0. The molecular weight excluding hydrogens is 504 g/mol. The minimum Gasteiger partial charge on any atom is -0.382 e. The number of rotatable bonds is 17. The molecule has 0 unspecified atom stereocenters. The van der Waals surface area contributed by atoms with Crippen LogP contribution in [0.25, 0.3) is 0 Å². The highest BCUT2D eigenvalue weighted by Gasteiger charge is 2.01. The van der Waals surface area contributed by atoms with Gasteiger partial charge in [0.2, 0.25) is 0 Å². The summed E-state index contributed by atoms with van der Waals surface area (Å²) in [6.07, 6.45) is 4.40. The lowest BCUT2D eigenvalue weighted by Gasteiger charge is -2.13. The van der Waals surface area contributed by atoms with Crippen molar-refractivity contribution >= 4 is 0 Å². The van der Waals surface area contributed by atoms with E-state index in [1.807, 2.05) is 48.5 Å². The van der Waals surface area contributed by atoms with Crippen molar-refractivity contribution in [3.8, 4) is 0 Å². The zero-order valence-corrected chi connectivity index (χ0v) is 21.9. The first-order chi connectivity index (χ1) is 14.6. The van der Waals surface area contributed by atoms with Crippen LogP contribution in [0.2, 0.25) is 0 Å². The summed E-state index contributed by atoms with van der Waals surface area (Å²) in [7, 11) is 0. The predicted octanol–water partition coefficient (Wildman–Crippen LogP) is 12.5. The molecule has 0 aromatic carbocycles. The molecule has 0 rings (SSSR count). The van der Waals surface area contributed by atoms with Crippen molar-refractivity contribution in [3.05, 3.63) is 0 Å². The summed E-state index contributed by atoms with van der Waals surface area (Å²) in [6, 6.07) is 0. The van der Waals surface area contributed by atoms with Crippen LogP contribution >= 0.6 is 0 Å². The largest absolute Gasteiger partial charge is 0.382 e. The molecule has 0 fully saturated rings. The molecule has 0 saturated heterocycles. The summed E-state index contributed by atoms with van der Waals surface area (Å²) >= 11 is 0. The van der Waals surface area contributed by atoms with Gasteiger partial charge in [0.25, 0.3) is 0 Å². The van der Waals surface area contributed by atoms with E-state index in [1.54, 1.807) is 0 Å². The molecule has 0 aromatic rings. The van der Waals surface area contributed by atoms with E-state index in [1.165, 1.54) is 12.8 Å². The highest BCUT2D eigenvalue weighted by molar-refractivity contribution is 4.36. The smallest absolute Gasteiger partial charge is 0.157 e. The normalized spacial score (nSPS) is 7.35. The molecule has 0 heterocycles.